The van der Waals surface area contributed by atoms with Crippen LogP contribution in [0.5, 0.6) is 0 Å². The van der Waals surface area contributed by atoms with E-state index in [2.05, 4.69) is 12.2 Å². The van der Waals surface area contributed by atoms with Crippen LogP contribution in [0.25, 0.3) is 0 Å². The van der Waals surface area contributed by atoms with Gasteiger partial charge in [0.25, 0.3) is 0 Å². The van der Waals surface area contributed by atoms with Gasteiger partial charge in [0, 0.05) is 26.1 Å². The summed E-state index contributed by atoms with van der Waals surface area (Å²) in [5.41, 5.74) is 4.50. The van der Waals surface area contributed by atoms with Crippen LogP contribution in [0.1, 0.15) is 68.2 Å². The van der Waals surface area contributed by atoms with E-state index in [-0.39, 0.29) is 24.8 Å². The van der Waals surface area contributed by atoms with Gasteiger partial charge in [-0.1, -0.05) is 62.2 Å². The average molecular weight is 530 g/mol. The highest BCUT2D eigenvalue weighted by Gasteiger charge is 2.29. The van der Waals surface area contributed by atoms with Gasteiger partial charge < -0.3 is 10.2 Å². The van der Waals surface area contributed by atoms with Crippen molar-refractivity contribution in [2.75, 3.05) is 23.7 Å². The Balaban J connectivity index is 2.23. The number of hydrogen-bond donors (Lipinski definition) is 1. The lowest BCUT2D eigenvalue weighted by Gasteiger charge is -2.31. The van der Waals surface area contributed by atoms with Crippen molar-refractivity contribution in [3.05, 3.63) is 64.7 Å². The third-order valence-corrected chi connectivity index (χ3v) is 7.62. The van der Waals surface area contributed by atoms with Gasteiger partial charge in [0.1, 0.15) is 6.04 Å². The van der Waals surface area contributed by atoms with E-state index in [0.29, 0.717) is 31.6 Å². The van der Waals surface area contributed by atoms with E-state index in [9.17, 15) is 18.0 Å². The van der Waals surface area contributed by atoms with Gasteiger partial charge in [-0.2, -0.15) is 0 Å². The van der Waals surface area contributed by atoms with Gasteiger partial charge in [0.05, 0.1) is 11.9 Å². The summed E-state index contributed by atoms with van der Waals surface area (Å²) in [6, 6.07) is 13.0. The number of anilines is 1. The molecule has 0 fully saturated rings. The Hall–Kier alpha value is -2.87. The van der Waals surface area contributed by atoms with Crippen LogP contribution >= 0.6 is 0 Å². The lowest BCUT2D eigenvalue weighted by molar-refractivity contribution is -0.141. The maximum Gasteiger partial charge on any atom is 0.242 e. The Kier molecular flexibility index (Phi) is 11.6. The van der Waals surface area contributed by atoms with E-state index >= 15 is 0 Å². The average Bonchev–Trinajstić information content (AvgIpc) is 2.82. The molecule has 7 nitrogen and oxygen atoms in total. The predicted molar refractivity (Wildman–Crippen MR) is 151 cm³/mol. The molecule has 8 heteroatoms. The van der Waals surface area contributed by atoms with Gasteiger partial charge in [-0.3, -0.25) is 13.9 Å². The molecule has 2 aromatic rings. The molecule has 1 atom stereocenters. The van der Waals surface area contributed by atoms with Crippen LogP contribution in [0.15, 0.2) is 42.5 Å². The fourth-order valence-corrected chi connectivity index (χ4v) is 5.42. The van der Waals surface area contributed by atoms with Crippen LogP contribution in [0.3, 0.4) is 0 Å². The first-order chi connectivity index (χ1) is 17.5. The van der Waals surface area contributed by atoms with E-state index < -0.39 is 16.1 Å². The largest absolute Gasteiger partial charge is 0.354 e. The highest BCUT2D eigenvalue weighted by Crippen LogP contribution is 2.25. The van der Waals surface area contributed by atoms with Crippen molar-refractivity contribution in [1.29, 1.82) is 0 Å². The monoisotopic (exact) mass is 529 g/mol. The number of aryl methyl sites for hydroxylation is 3. The molecule has 1 unspecified atom stereocenters. The second-order valence-electron chi connectivity index (χ2n) is 9.81. The van der Waals surface area contributed by atoms with Crippen molar-refractivity contribution in [3.8, 4) is 0 Å². The van der Waals surface area contributed by atoms with E-state index in [1.165, 1.54) is 10.6 Å². The van der Waals surface area contributed by atoms with Gasteiger partial charge in [-0.25, -0.2) is 8.42 Å². The number of rotatable bonds is 14. The summed E-state index contributed by atoms with van der Waals surface area (Å²) in [5.74, 6) is -0.307. The smallest absolute Gasteiger partial charge is 0.242 e. The standard InChI is InChI=1S/C29H43N3O4S/c1-7-9-17-30-29(34)26(8-2)31(21-25-13-10-12-22(3)19-25)28(33)14-11-18-32(37(6,35)36)27-20-23(4)15-16-24(27)5/h10,12-13,15-16,19-20,26H,7-9,11,14,17-18,21H2,1-6H3,(H,30,34). The number of sulfonamides is 1. The van der Waals surface area contributed by atoms with Crippen molar-refractivity contribution >= 4 is 27.5 Å². The van der Waals surface area contributed by atoms with Crippen LogP contribution in [0.2, 0.25) is 0 Å². The molecule has 2 amide bonds. The molecule has 0 bridgehead atoms. The Morgan fingerprint density at radius 2 is 1.68 bits per heavy atom. The van der Waals surface area contributed by atoms with Crippen LogP contribution in [0.4, 0.5) is 5.69 Å². The molecule has 204 valence electrons. The number of nitrogens with zero attached hydrogens (tertiary/aromatic N) is 2. The van der Waals surface area contributed by atoms with Crippen LogP contribution in [-0.2, 0) is 26.2 Å². The number of unbranched alkanes of at least 4 members (excludes halogenated alkanes) is 1. The van der Waals surface area contributed by atoms with Crippen molar-refractivity contribution < 1.29 is 18.0 Å². The van der Waals surface area contributed by atoms with E-state index in [1.54, 1.807) is 4.90 Å². The number of carbonyl (C=O) groups excluding carboxylic acids is 2. The van der Waals surface area contributed by atoms with E-state index in [4.69, 9.17) is 0 Å². The molecular formula is C29H43N3O4S. The summed E-state index contributed by atoms with van der Waals surface area (Å²) >= 11 is 0. The van der Waals surface area contributed by atoms with Gasteiger partial charge in [-0.15, -0.1) is 0 Å². The number of hydrogen-bond acceptors (Lipinski definition) is 4. The third kappa shape index (κ3) is 9.18. The molecule has 1 N–H and O–H groups in total. The molecule has 0 saturated heterocycles. The molecule has 0 aliphatic heterocycles. The highest BCUT2D eigenvalue weighted by molar-refractivity contribution is 7.92. The zero-order valence-electron chi connectivity index (χ0n) is 23.2. The SMILES string of the molecule is CCCCNC(=O)C(CC)N(Cc1cccc(C)c1)C(=O)CCCN(c1cc(C)ccc1C)S(C)(=O)=O. The van der Waals surface area contributed by atoms with E-state index in [0.717, 1.165) is 35.1 Å². The second kappa shape index (κ2) is 14.2. The Morgan fingerprint density at radius 1 is 0.973 bits per heavy atom. The van der Waals surface area contributed by atoms with Crippen LogP contribution in [-0.4, -0.2) is 50.5 Å². The quantitative estimate of drug-likeness (QED) is 0.353. The molecule has 2 aromatic carbocycles. The summed E-state index contributed by atoms with van der Waals surface area (Å²) in [7, 11) is -3.53. The zero-order chi connectivity index (χ0) is 27.6. The molecule has 2 rings (SSSR count). The zero-order valence-corrected chi connectivity index (χ0v) is 24.0. The molecule has 37 heavy (non-hydrogen) atoms. The Morgan fingerprint density at radius 3 is 2.30 bits per heavy atom. The van der Waals surface area contributed by atoms with Crippen molar-refractivity contribution in [2.45, 2.75) is 79.3 Å². The van der Waals surface area contributed by atoms with Crippen LogP contribution < -0.4 is 9.62 Å². The van der Waals surface area contributed by atoms with Crippen molar-refractivity contribution in [1.82, 2.24) is 10.2 Å². The van der Waals surface area contributed by atoms with E-state index in [1.807, 2.05) is 70.2 Å². The molecule has 0 saturated carbocycles. The number of benzene rings is 2. The minimum Gasteiger partial charge on any atom is -0.354 e. The van der Waals surface area contributed by atoms with Crippen molar-refractivity contribution in [3.63, 3.8) is 0 Å². The normalized spacial score (nSPS) is 12.2. The predicted octanol–water partition coefficient (Wildman–Crippen LogP) is 4.88. The fraction of sp³-hybridized carbons (Fsp3) is 0.517. The lowest BCUT2D eigenvalue weighted by atomic mass is 10.1. The van der Waals surface area contributed by atoms with Crippen LogP contribution in [0, 0.1) is 20.8 Å². The molecule has 0 heterocycles. The maximum atomic E-state index is 13.5. The first-order valence-corrected chi connectivity index (χ1v) is 15.0. The molecule has 0 aromatic heterocycles. The summed E-state index contributed by atoms with van der Waals surface area (Å²) in [6.45, 7) is 10.9. The molecule has 0 spiro atoms. The van der Waals surface area contributed by atoms with Crippen molar-refractivity contribution in [2.24, 2.45) is 0 Å². The van der Waals surface area contributed by atoms with Gasteiger partial charge in [-0.05, 0) is 62.8 Å². The van der Waals surface area contributed by atoms with Gasteiger partial charge >= 0.3 is 0 Å². The number of nitrogens with one attached hydrogen (secondary N) is 1. The number of amides is 2. The first kappa shape index (κ1) is 30.4. The minimum absolute atomic E-state index is 0.140. The van der Waals surface area contributed by atoms with Gasteiger partial charge in [0.2, 0.25) is 21.8 Å². The number of carbonyl (C=O) groups is 2. The molecular weight excluding hydrogens is 486 g/mol. The lowest BCUT2D eigenvalue weighted by Crippen LogP contribution is -2.49. The summed E-state index contributed by atoms with van der Waals surface area (Å²) in [6.07, 6.45) is 4.02. The molecule has 0 aliphatic carbocycles. The summed E-state index contributed by atoms with van der Waals surface area (Å²) in [5, 5.41) is 2.97. The summed E-state index contributed by atoms with van der Waals surface area (Å²) < 4.78 is 26.6. The second-order valence-corrected chi connectivity index (χ2v) is 11.7. The third-order valence-electron chi connectivity index (χ3n) is 6.44. The summed E-state index contributed by atoms with van der Waals surface area (Å²) in [4.78, 5) is 28.2. The molecule has 0 radical (unpaired) electrons. The van der Waals surface area contributed by atoms with Gasteiger partial charge in [0.15, 0.2) is 0 Å². The topological polar surface area (TPSA) is 86.8 Å². The Bertz CT molecular complexity index is 1160. The molecule has 0 aliphatic rings. The minimum atomic E-state index is -3.53. The first-order valence-electron chi connectivity index (χ1n) is 13.2. The fourth-order valence-electron chi connectivity index (χ4n) is 4.40. The maximum absolute atomic E-state index is 13.5. The Labute approximate surface area is 223 Å². The highest BCUT2D eigenvalue weighted by atomic mass is 32.2.